The average molecular weight is 810 g/mol. The van der Waals surface area contributed by atoms with Crippen molar-refractivity contribution < 1.29 is 42.9 Å². The molecule has 1 aliphatic rings. The van der Waals surface area contributed by atoms with E-state index in [4.69, 9.17) is 30.4 Å². The molecule has 1 saturated heterocycles. The number of aryl methyl sites for hydroxylation is 1. The first-order chi connectivity index (χ1) is 26.2. The number of carbonyl (C=O) groups excluding carboxylic acids is 5. The predicted molar refractivity (Wildman–Crippen MR) is 213 cm³/mol. The van der Waals surface area contributed by atoms with Crippen LogP contribution >= 0.6 is 24.8 Å². The van der Waals surface area contributed by atoms with Crippen molar-refractivity contribution in [2.24, 2.45) is 11.5 Å². The number of benzene rings is 3. The van der Waals surface area contributed by atoms with Gasteiger partial charge < -0.3 is 45.4 Å². The van der Waals surface area contributed by atoms with E-state index >= 15 is 0 Å². The molecule has 0 aliphatic carbocycles. The molecule has 2 amide bonds. The molecule has 15 heteroatoms. The van der Waals surface area contributed by atoms with E-state index in [2.05, 4.69) is 29.0 Å². The fourth-order valence-corrected chi connectivity index (χ4v) is 5.83. The van der Waals surface area contributed by atoms with Crippen molar-refractivity contribution in [1.29, 1.82) is 0 Å². The summed E-state index contributed by atoms with van der Waals surface area (Å²) >= 11 is 0. The highest BCUT2D eigenvalue weighted by atomic mass is 35.5. The molecule has 3 atom stereocenters. The van der Waals surface area contributed by atoms with Crippen molar-refractivity contribution in [3.63, 3.8) is 0 Å². The second-order valence-electron chi connectivity index (χ2n) is 12.4. The summed E-state index contributed by atoms with van der Waals surface area (Å²) in [6, 6.07) is 18.6. The Labute approximate surface area is 338 Å². The van der Waals surface area contributed by atoms with Gasteiger partial charge in [0.2, 0.25) is 5.91 Å². The van der Waals surface area contributed by atoms with Crippen LogP contribution in [0, 0.1) is 23.7 Å². The molecule has 5 N–H and O–H groups in total. The van der Waals surface area contributed by atoms with Crippen LogP contribution in [0.2, 0.25) is 0 Å². The second-order valence-corrected chi connectivity index (χ2v) is 12.4. The molecule has 0 saturated carbocycles. The fourth-order valence-electron chi connectivity index (χ4n) is 5.83. The third kappa shape index (κ3) is 14.3. The number of methoxy groups -OCH3 is 2. The van der Waals surface area contributed by atoms with Crippen LogP contribution in [-0.2, 0) is 64.1 Å². The third-order valence-electron chi connectivity index (χ3n) is 8.59. The van der Waals surface area contributed by atoms with E-state index in [1.807, 2.05) is 48.5 Å². The summed E-state index contributed by atoms with van der Waals surface area (Å²) in [5, 5.41) is 2.70. The Morgan fingerprint density at radius 3 is 2.09 bits per heavy atom. The van der Waals surface area contributed by atoms with Gasteiger partial charge in [-0.1, -0.05) is 72.2 Å². The summed E-state index contributed by atoms with van der Waals surface area (Å²) in [6.45, 7) is 0.481. The van der Waals surface area contributed by atoms with Gasteiger partial charge >= 0.3 is 18.0 Å². The first-order valence-electron chi connectivity index (χ1n) is 17.3. The van der Waals surface area contributed by atoms with Crippen molar-refractivity contribution in [1.82, 2.24) is 10.2 Å². The fraction of sp³-hybridized carbons (Fsp3) is 0.341. The maximum atomic E-state index is 13.1. The monoisotopic (exact) mass is 808 g/mol. The van der Waals surface area contributed by atoms with Gasteiger partial charge in [0.05, 0.1) is 19.6 Å². The number of esters is 2. The van der Waals surface area contributed by atoms with E-state index in [9.17, 15) is 24.0 Å². The van der Waals surface area contributed by atoms with Gasteiger partial charge in [-0.3, -0.25) is 9.59 Å². The topological polar surface area (TPSA) is 190 Å². The largest absolute Gasteiger partial charge is 0.467 e. The Balaban J connectivity index is 0.00000541. The van der Waals surface area contributed by atoms with Crippen LogP contribution in [0.15, 0.2) is 66.7 Å². The molecule has 0 aromatic heterocycles. The highest BCUT2D eigenvalue weighted by Gasteiger charge is 2.40. The van der Waals surface area contributed by atoms with Gasteiger partial charge in [-0.25, -0.2) is 9.59 Å². The number of carbonyl (C=O) groups is 5. The number of nitrogens with zero attached hydrogens (tertiary/aromatic N) is 1. The van der Waals surface area contributed by atoms with E-state index in [0.29, 0.717) is 42.5 Å². The van der Waals surface area contributed by atoms with Gasteiger partial charge in [-0.15, -0.1) is 24.8 Å². The number of rotatable bonds is 14. The van der Waals surface area contributed by atoms with Crippen LogP contribution in [0.3, 0.4) is 0 Å². The number of hydrogen-bond acceptors (Lipinski definition) is 11. The number of aldehydes is 1. The van der Waals surface area contributed by atoms with Gasteiger partial charge in [0.25, 0.3) is 0 Å². The number of alkyl carbamates (subject to hydrolysis) is 1. The Morgan fingerprint density at radius 1 is 0.857 bits per heavy atom. The molecule has 0 spiro atoms. The van der Waals surface area contributed by atoms with E-state index in [0.717, 1.165) is 22.3 Å². The summed E-state index contributed by atoms with van der Waals surface area (Å²) in [5.41, 5.74) is 16.5. The molecule has 13 nitrogen and oxygen atoms in total. The van der Waals surface area contributed by atoms with Crippen LogP contribution < -0.4 is 16.8 Å². The maximum absolute atomic E-state index is 13.1. The minimum Gasteiger partial charge on any atom is -0.467 e. The van der Waals surface area contributed by atoms with Crippen molar-refractivity contribution >= 4 is 55.0 Å². The number of ether oxygens (including phenoxy) is 4. The standard InChI is InChI=1S/C41H44N4O9.2ClH/c1-51-37(27-46)34-20-30(8-4-16-53-39(48)22-32-6-3-7-33(19-32)25-43)18-31(21-34)9-5-17-54-41(50)44-35-23-36(40(49)52-2)45(26-35)38(47)15-14-28-10-12-29(24-42)13-11-28;;/h3,6-7,10-13,18-21,27,35-37H,14-17,22-26,42-43H2,1-2H3,(H,44,50);2*1H. The molecule has 4 rings (SSSR count). The van der Waals surface area contributed by atoms with Crippen molar-refractivity contribution in [3.05, 3.63) is 106 Å². The normalized spacial score (nSPS) is 14.5. The Bertz CT molecular complexity index is 1940. The third-order valence-corrected chi connectivity index (χ3v) is 8.59. The highest BCUT2D eigenvalue weighted by molar-refractivity contribution is 5.86. The van der Waals surface area contributed by atoms with E-state index in [-0.39, 0.29) is 69.7 Å². The second kappa shape index (κ2) is 24.2. The van der Waals surface area contributed by atoms with Crippen LogP contribution in [0.5, 0.6) is 0 Å². The molecule has 56 heavy (non-hydrogen) atoms. The molecule has 0 bridgehead atoms. The van der Waals surface area contributed by atoms with E-state index in [1.54, 1.807) is 18.2 Å². The van der Waals surface area contributed by atoms with Gasteiger partial charge in [-0.05, 0) is 52.4 Å². The molecule has 1 fully saturated rings. The smallest absolute Gasteiger partial charge is 0.408 e. The van der Waals surface area contributed by atoms with E-state index < -0.39 is 36.2 Å². The number of nitrogens with two attached hydrogens (primary N) is 2. The van der Waals surface area contributed by atoms with Crippen LogP contribution in [0.4, 0.5) is 4.79 Å². The summed E-state index contributed by atoms with van der Waals surface area (Å²) in [7, 11) is 2.65. The molecular formula is C41H46Cl2N4O9. The minimum atomic E-state index is -0.869. The molecule has 3 aromatic rings. The molecule has 1 heterocycles. The van der Waals surface area contributed by atoms with Crippen molar-refractivity contribution in [2.75, 3.05) is 34.0 Å². The van der Waals surface area contributed by atoms with Crippen molar-refractivity contribution in [3.8, 4) is 23.7 Å². The lowest BCUT2D eigenvalue weighted by Gasteiger charge is -2.22. The van der Waals surface area contributed by atoms with Crippen LogP contribution in [0.25, 0.3) is 0 Å². The van der Waals surface area contributed by atoms with Crippen molar-refractivity contribution in [2.45, 2.75) is 57.0 Å². The van der Waals surface area contributed by atoms with Gasteiger partial charge in [0.1, 0.15) is 12.1 Å². The number of hydrogen-bond donors (Lipinski definition) is 3. The zero-order valence-electron chi connectivity index (χ0n) is 31.1. The maximum Gasteiger partial charge on any atom is 0.408 e. The first-order valence-corrected chi connectivity index (χ1v) is 17.3. The molecule has 3 aromatic carbocycles. The van der Waals surface area contributed by atoms with Gasteiger partial charge in [0, 0.05) is 50.7 Å². The zero-order valence-corrected chi connectivity index (χ0v) is 32.7. The number of nitrogens with one attached hydrogen (secondary N) is 1. The number of amides is 2. The number of likely N-dealkylation sites (tertiary alicyclic amines) is 1. The first kappa shape index (κ1) is 46.7. The highest BCUT2D eigenvalue weighted by Crippen LogP contribution is 2.22. The molecule has 1 aliphatic heterocycles. The lowest BCUT2D eigenvalue weighted by molar-refractivity contribution is -0.150. The van der Waals surface area contributed by atoms with E-state index in [1.165, 1.54) is 19.1 Å². The Hall–Kier alpha value is -5.41. The van der Waals surface area contributed by atoms with Gasteiger partial charge in [0.15, 0.2) is 19.5 Å². The minimum absolute atomic E-state index is 0. The lowest BCUT2D eigenvalue weighted by atomic mass is 10.0. The molecule has 298 valence electrons. The summed E-state index contributed by atoms with van der Waals surface area (Å²) < 4.78 is 20.7. The quantitative estimate of drug-likeness (QED) is 0.0938. The molecular weight excluding hydrogens is 763 g/mol. The number of halogens is 2. The molecule has 3 unspecified atom stereocenters. The molecule has 0 radical (unpaired) electrons. The van der Waals surface area contributed by atoms with Crippen LogP contribution in [0.1, 0.15) is 57.9 Å². The summed E-state index contributed by atoms with van der Waals surface area (Å²) in [4.78, 5) is 63.7. The SMILES string of the molecule is COC(=O)C1CC(NC(=O)OCC#Cc2cc(C#CCOC(=O)Cc3cccc(CN)c3)cc(C(C=O)OC)c2)CN1C(=O)CCc1ccc(CN)cc1.Cl.Cl. The predicted octanol–water partition coefficient (Wildman–Crippen LogP) is 3.32. The zero-order chi connectivity index (χ0) is 38.9. The Morgan fingerprint density at radius 2 is 1.48 bits per heavy atom. The summed E-state index contributed by atoms with van der Waals surface area (Å²) in [6.07, 6.45) is -0.0952. The average Bonchev–Trinajstić information content (AvgIpc) is 3.61. The lowest BCUT2D eigenvalue weighted by Crippen LogP contribution is -2.42. The Kier molecular flexibility index (Phi) is 20.2. The van der Waals surface area contributed by atoms with Gasteiger partial charge in [-0.2, -0.15) is 0 Å². The summed E-state index contributed by atoms with van der Waals surface area (Å²) in [5.74, 6) is 10.1. The van der Waals surface area contributed by atoms with Crippen LogP contribution in [-0.4, -0.2) is 81.2 Å².